The summed E-state index contributed by atoms with van der Waals surface area (Å²) in [5, 5.41) is 13.9. The fourth-order valence-corrected chi connectivity index (χ4v) is 7.26. The van der Waals surface area contributed by atoms with E-state index in [1.54, 1.807) is 36.9 Å². The Morgan fingerprint density at radius 1 is 1.07 bits per heavy atom. The van der Waals surface area contributed by atoms with Crippen LogP contribution in [0.3, 0.4) is 0 Å². The number of nitrogens with zero attached hydrogens (tertiary/aromatic N) is 3. The fraction of sp³-hybridized carbons (Fsp3) is 0.469. The Morgan fingerprint density at radius 3 is 2.27 bits per heavy atom. The summed E-state index contributed by atoms with van der Waals surface area (Å²) >= 11 is 0. The number of aryl methyl sites for hydroxylation is 2. The highest BCUT2D eigenvalue weighted by Gasteiger charge is 2.47. The van der Waals surface area contributed by atoms with Crippen molar-refractivity contribution in [2.45, 2.75) is 63.5 Å². The lowest BCUT2D eigenvalue weighted by Crippen LogP contribution is -2.50. The molecule has 2 fully saturated rings. The van der Waals surface area contributed by atoms with Crippen LogP contribution in [0.2, 0.25) is 0 Å². The minimum Gasteiger partial charge on any atom is -0.387 e. The SMILES string of the molecule is Cc1cc(C(=O)N2CCC(O)(CF)CC2)cc(C)c1C=CS(=O)(=O)N1CCC2(CC1)N=C(c1cccc(C(C)(F)F)c1)NC2=O. The number of hydrogen-bond acceptors (Lipinski definition) is 6. The van der Waals surface area contributed by atoms with Crippen LogP contribution >= 0.6 is 0 Å². The van der Waals surface area contributed by atoms with Gasteiger partial charge in [0.2, 0.25) is 10.0 Å². The molecular formula is C32H37F3N4O5S. The molecule has 0 atom stereocenters. The molecule has 2 saturated heterocycles. The topological polar surface area (TPSA) is 119 Å². The van der Waals surface area contributed by atoms with Crippen LogP contribution in [0.5, 0.6) is 0 Å². The highest BCUT2D eigenvalue weighted by Crippen LogP contribution is 2.34. The maximum absolute atomic E-state index is 13.8. The summed E-state index contributed by atoms with van der Waals surface area (Å²) in [6.07, 6.45) is 2.09. The van der Waals surface area contributed by atoms with Gasteiger partial charge in [0.15, 0.2) is 0 Å². The Morgan fingerprint density at radius 2 is 1.69 bits per heavy atom. The van der Waals surface area contributed by atoms with Gasteiger partial charge < -0.3 is 15.3 Å². The van der Waals surface area contributed by atoms with Gasteiger partial charge in [-0.25, -0.2) is 21.6 Å². The molecule has 2 aromatic carbocycles. The molecule has 2 aromatic rings. The van der Waals surface area contributed by atoms with Gasteiger partial charge in [-0.3, -0.25) is 14.6 Å². The maximum atomic E-state index is 13.8. The van der Waals surface area contributed by atoms with E-state index < -0.39 is 33.8 Å². The molecule has 2 amide bonds. The number of amidine groups is 1. The number of carbonyl (C=O) groups excluding carboxylic acids is 2. The van der Waals surface area contributed by atoms with Crippen molar-refractivity contribution in [2.24, 2.45) is 4.99 Å². The molecule has 242 valence electrons. The average Bonchev–Trinajstić information content (AvgIpc) is 3.31. The second kappa shape index (κ2) is 12.0. The number of sulfonamides is 1. The predicted molar refractivity (Wildman–Crippen MR) is 164 cm³/mol. The van der Waals surface area contributed by atoms with Gasteiger partial charge in [-0.2, -0.15) is 4.31 Å². The van der Waals surface area contributed by atoms with Crippen LogP contribution in [0, 0.1) is 13.8 Å². The van der Waals surface area contributed by atoms with Gasteiger partial charge in [-0.05, 0) is 80.5 Å². The van der Waals surface area contributed by atoms with Crippen LogP contribution in [-0.4, -0.2) is 84.4 Å². The zero-order valence-electron chi connectivity index (χ0n) is 25.4. The molecular weight excluding hydrogens is 609 g/mol. The number of benzene rings is 2. The number of hydrogen-bond donors (Lipinski definition) is 2. The minimum absolute atomic E-state index is 0.0444. The van der Waals surface area contributed by atoms with E-state index in [0.717, 1.165) is 12.3 Å². The standard InChI is InChI=1S/C32H37F3N4O5S/c1-21-17-24(28(40)38-12-8-31(42,20-33)9-13-38)18-22(2)26(21)7-16-45(43,44)39-14-10-32(11-15-39)29(41)36-27(37-32)23-5-4-6-25(19-23)30(3,34)35/h4-7,16-19,42H,8-15,20H2,1-3H3,(H,36,37,41). The highest BCUT2D eigenvalue weighted by atomic mass is 32.2. The lowest BCUT2D eigenvalue weighted by Gasteiger charge is -2.36. The van der Waals surface area contributed by atoms with E-state index in [1.165, 1.54) is 28.6 Å². The normalized spacial score (nSPS) is 20.5. The Labute approximate surface area is 260 Å². The van der Waals surface area contributed by atoms with Crippen molar-refractivity contribution in [3.8, 4) is 0 Å². The first-order chi connectivity index (χ1) is 21.1. The molecule has 0 saturated carbocycles. The van der Waals surface area contributed by atoms with E-state index in [-0.39, 0.29) is 75.1 Å². The van der Waals surface area contributed by atoms with Crippen LogP contribution in [0.1, 0.15) is 70.8 Å². The van der Waals surface area contributed by atoms with Crippen molar-refractivity contribution in [2.75, 3.05) is 32.9 Å². The van der Waals surface area contributed by atoms with Crippen LogP contribution in [-0.2, 0) is 20.7 Å². The first-order valence-corrected chi connectivity index (χ1v) is 16.3. The Kier molecular flexibility index (Phi) is 8.75. The number of carbonyl (C=O) groups is 2. The molecule has 5 rings (SSSR count). The monoisotopic (exact) mass is 646 g/mol. The Hall–Kier alpha value is -3.55. The molecule has 9 nitrogen and oxygen atoms in total. The number of aliphatic imine (C=N–C) groups is 1. The second-order valence-corrected chi connectivity index (χ2v) is 14.2. The van der Waals surface area contributed by atoms with Gasteiger partial charge in [-0.15, -0.1) is 0 Å². The molecule has 0 aliphatic carbocycles. The molecule has 3 aliphatic rings. The third-order valence-electron chi connectivity index (χ3n) is 9.01. The largest absolute Gasteiger partial charge is 0.387 e. The number of nitrogens with one attached hydrogen (secondary N) is 1. The molecule has 0 radical (unpaired) electrons. The van der Waals surface area contributed by atoms with E-state index in [0.29, 0.717) is 27.8 Å². The lowest BCUT2D eigenvalue weighted by molar-refractivity contribution is -0.124. The van der Waals surface area contributed by atoms with E-state index in [1.807, 2.05) is 0 Å². The van der Waals surface area contributed by atoms with Gasteiger partial charge in [-0.1, -0.05) is 18.2 Å². The van der Waals surface area contributed by atoms with E-state index in [2.05, 4.69) is 10.3 Å². The molecule has 0 bridgehead atoms. The van der Waals surface area contributed by atoms with Gasteiger partial charge in [0.05, 0.1) is 5.60 Å². The summed E-state index contributed by atoms with van der Waals surface area (Å²) in [6, 6.07) is 9.03. The van der Waals surface area contributed by atoms with Crippen molar-refractivity contribution >= 4 is 33.7 Å². The molecule has 3 aliphatic heterocycles. The third-order valence-corrected chi connectivity index (χ3v) is 10.6. The third kappa shape index (κ3) is 6.70. The summed E-state index contributed by atoms with van der Waals surface area (Å²) in [4.78, 5) is 32.2. The molecule has 3 heterocycles. The van der Waals surface area contributed by atoms with Crippen molar-refractivity contribution in [3.63, 3.8) is 0 Å². The average molecular weight is 647 g/mol. The first-order valence-electron chi connectivity index (χ1n) is 14.8. The smallest absolute Gasteiger partial charge is 0.270 e. The van der Waals surface area contributed by atoms with Crippen molar-refractivity contribution in [1.29, 1.82) is 0 Å². The van der Waals surface area contributed by atoms with Crippen LogP contribution in [0.15, 0.2) is 46.8 Å². The van der Waals surface area contributed by atoms with Crippen molar-refractivity contribution < 1.29 is 36.3 Å². The molecule has 0 unspecified atom stereocenters. The summed E-state index contributed by atoms with van der Waals surface area (Å²) < 4.78 is 68.6. The maximum Gasteiger partial charge on any atom is 0.270 e. The molecule has 45 heavy (non-hydrogen) atoms. The Bertz CT molecular complexity index is 1650. The van der Waals surface area contributed by atoms with Gasteiger partial charge in [0.25, 0.3) is 17.7 Å². The number of alkyl halides is 3. The Balaban J connectivity index is 1.25. The lowest BCUT2D eigenvalue weighted by atomic mass is 9.89. The fourth-order valence-electron chi connectivity index (χ4n) is 6.09. The van der Waals surface area contributed by atoms with E-state index in [9.17, 15) is 36.3 Å². The van der Waals surface area contributed by atoms with Gasteiger partial charge >= 0.3 is 0 Å². The highest BCUT2D eigenvalue weighted by molar-refractivity contribution is 7.92. The van der Waals surface area contributed by atoms with Gasteiger partial charge in [0.1, 0.15) is 18.0 Å². The van der Waals surface area contributed by atoms with Crippen molar-refractivity contribution in [3.05, 3.63) is 75.2 Å². The van der Waals surface area contributed by atoms with Crippen molar-refractivity contribution in [1.82, 2.24) is 14.5 Å². The zero-order valence-corrected chi connectivity index (χ0v) is 26.3. The number of piperidine rings is 2. The number of aliphatic hydroxyl groups is 1. The number of likely N-dealkylation sites (tertiary alicyclic amines) is 1. The molecule has 13 heteroatoms. The second-order valence-electron chi connectivity index (χ2n) is 12.3. The number of rotatable bonds is 7. The molecule has 1 spiro atoms. The van der Waals surface area contributed by atoms with Gasteiger partial charge in [0, 0.05) is 55.2 Å². The van der Waals surface area contributed by atoms with Crippen LogP contribution in [0.4, 0.5) is 13.2 Å². The molecule has 0 aromatic heterocycles. The minimum atomic E-state index is -3.86. The zero-order chi connectivity index (χ0) is 32.8. The van der Waals surface area contributed by atoms with Crippen LogP contribution < -0.4 is 5.32 Å². The first kappa shape index (κ1) is 32.8. The summed E-state index contributed by atoms with van der Waals surface area (Å²) in [5.74, 6) is -3.48. The predicted octanol–water partition coefficient (Wildman–Crippen LogP) is 4.06. The summed E-state index contributed by atoms with van der Waals surface area (Å²) in [5.41, 5.74) is 0.0810. The van der Waals surface area contributed by atoms with E-state index >= 15 is 0 Å². The van der Waals surface area contributed by atoms with Crippen LogP contribution in [0.25, 0.3) is 6.08 Å². The summed E-state index contributed by atoms with van der Waals surface area (Å²) in [6.45, 7) is 4.09. The quantitative estimate of drug-likeness (QED) is 0.471. The summed E-state index contributed by atoms with van der Waals surface area (Å²) in [7, 11) is -3.86. The number of amides is 2. The number of halogens is 3. The molecule has 2 N–H and O–H groups in total. The van der Waals surface area contributed by atoms with E-state index in [4.69, 9.17) is 0 Å².